The van der Waals surface area contributed by atoms with E-state index in [-0.39, 0.29) is 11.9 Å². The Morgan fingerprint density at radius 1 is 1.32 bits per heavy atom. The average molecular weight is 359 g/mol. The molecule has 130 valence electrons. The number of rotatable bonds is 5. The highest BCUT2D eigenvalue weighted by Gasteiger charge is 2.18. The predicted octanol–water partition coefficient (Wildman–Crippen LogP) is 2.99. The first-order valence-electron chi connectivity index (χ1n) is 7.89. The molecule has 2 aromatic heterocycles. The number of aryl methyl sites for hydroxylation is 2. The van der Waals surface area contributed by atoms with Crippen molar-refractivity contribution in [2.45, 2.75) is 33.4 Å². The Labute approximate surface area is 150 Å². The van der Waals surface area contributed by atoms with Crippen LogP contribution in [0.3, 0.4) is 0 Å². The first-order chi connectivity index (χ1) is 11.9. The second-order valence-corrected chi connectivity index (χ2v) is 6.37. The van der Waals surface area contributed by atoms with Crippen molar-refractivity contribution in [2.75, 3.05) is 5.32 Å². The van der Waals surface area contributed by atoms with Gasteiger partial charge in [0.15, 0.2) is 0 Å². The largest absolute Gasteiger partial charge is 0.291 e. The zero-order valence-electron chi connectivity index (χ0n) is 14.3. The van der Waals surface area contributed by atoms with Crippen LogP contribution in [0.2, 0.25) is 5.02 Å². The second-order valence-electron chi connectivity index (χ2n) is 5.96. The van der Waals surface area contributed by atoms with Crippen molar-refractivity contribution in [3.63, 3.8) is 0 Å². The number of benzene rings is 1. The fourth-order valence-corrected chi connectivity index (χ4v) is 2.56. The highest BCUT2D eigenvalue weighted by molar-refractivity contribution is 6.31. The van der Waals surface area contributed by atoms with Gasteiger partial charge in [-0.1, -0.05) is 41.4 Å². The molecule has 7 nitrogen and oxygen atoms in total. The van der Waals surface area contributed by atoms with Crippen molar-refractivity contribution in [3.8, 4) is 0 Å². The molecule has 2 heterocycles. The Morgan fingerprint density at radius 3 is 2.80 bits per heavy atom. The maximum Gasteiger partial charge on any atom is 0.251 e. The first kappa shape index (κ1) is 17.2. The molecule has 1 amide bonds. The molecular formula is C17H19ClN6O. The second kappa shape index (κ2) is 7.06. The van der Waals surface area contributed by atoms with E-state index >= 15 is 0 Å². The highest BCUT2D eigenvalue weighted by Crippen LogP contribution is 2.16. The average Bonchev–Trinajstić information content (AvgIpc) is 3.13. The van der Waals surface area contributed by atoms with E-state index in [1.165, 1.54) is 10.2 Å². The molecule has 3 aromatic rings. The zero-order chi connectivity index (χ0) is 18.0. The fourth-order valence-electron chi connectivity index (χ4n) is 2.42. The first-order valence-corrected chi connectivity index (χ1v) is 8.27. The number of amides is 1. The summed E-state index contributed by atoms with van der Waals surface area (Å²) in [4.78, 5) is 16.5. The van der Waals surface area contributed by atoms with Gasteiger partial charge in [0.2, 0.25) is 5.95 Å². The summed E-state index contributed by atoms with van der Waals surface area (Å²) in [5.41, 5.74) is 2.99. The van der Waals surface area contributed by atoms with Crippen molar-refractivity contribution in [2.24, 2.45) is 0 Å². The minimum atomic E-state index is -0.519. The Morgan fingerprint density at radius 2 is 2.12 bits per heavy atom. The smallest absolute Gasteiger partial charge is 0.251 e. The third-order valence-corrected chi connectivity index (χ3v) is 4.20. The number of nitrogens with zero attached hydrogens (tertiary/aromatic N) is 5. The standard InChI is InChI=1S/C17H19ClN6O/c1-11-5-4-6-14(7-11)8-23-10-19-17(22-23)20-16(25)13(3)24-9-15(18)12(2)21-24/h4-7,9-10,13H,8H2,1-3H3,(H,20,22,25). The molecule has 0 aliphatic heterocycles. The summed E-state index contributed by atoms with van der Waals surface area (Å²) >= 11 is 5.99. The molecule has 0 saturated carbocycles. The van der Waals surface area contributed by atoms with Crippen molar-refractivity contribution in [3.05, 3.63) is 58.6 Å². The van der Waals surface area contributed by atoms with Crippen LogP contribution < -0.4 is 5.32 Å². The number of nitrogens with one attached hydrogen (secondary N) is 1. The van der Waals surface area contributed by atoms with E-state index in [1.54, 1.807) is 31.1 Å². The summed E-state index contributed by atoms with van der Waals surface area (Å²) in [6, 6.07) is 7.64. The lowest BCUT2D eigenvalue weighted by Crippen LogP contribution is -2.24. The van der Waals surface area contributed by atoms with Gasteiger partial charge in [0.05, 0.1) is 17.3 Å². The van der Waals surface area contributed by atoms with E-state index in [0.717, 1.165) is 5.56 Å². The molecule has 1 atom stereocenters. The van der Waals surface area contributed by atoms with E-state index in [9.17, 15) is 4.79 Å². The van der Waals surface area contributed by atoms with E-state index < -0.39 is 6.04 Å². The quantitative estimate of drug-likeness (QED) is 0.760. The van der Waals surface area contributed by atoms with Gasteiger partial charge in [0.25, 0.3) is 5.91 Å². The van der Waals surface area contributed by atoms with Gasteiger partial charge in [-0.25, -0.2) is 9.67 Å². The summed E-state index contributed by atoms with van der Waals surface area (Å²) in [5, 5.41) is 11.7. The number of aromatic nitrogens is 5. The van der Waals surface area contributed by atoms with Crippen LogP contribution in [-0.4, -0.2) is 30.5 Å². The molecule has 1 aromatic carbocycles. The molecule has 0 aliphatic rings. The van der Waals surface area contributed by atoms with Gasteiger partial charge in [-0.05, 0) is 26.3 Å². The zero-order valence-corrected chi connectivity index (χ0v) is 15.0. The Balaban J connectivity index is 1.65. The number of carbonyl (C=O) groups is 1. The summed E-state index contributed by atoms with van der Waals surface area (Å²) in [6.45, 7) is 6.16. The normalized spacial score (nSPS) is 12.2. The molecule has 1 unspecified atom stereocenters. The molecule has 0 fully saturated rings. The number of hydrogen-bond donors (Lipinski definition) is 1. The molecular weight excluding hydrogens is 340 g/mol. The van der Waals surface area contributed by atoms with E-state index in [1.807, 2.05) is 25.1 Å². The van der Waals surface area contributed by atoms with Crippen molar-refractivity contribution in [1.29, 1.82) is 0 Å². The topological polar surface area (TPSA) is 77.6 Å². The molecule has 0 bridgehead atoms. The summed E-state index contributed by atoms with van der Waals surface area (Å²) in [5.74, 6) is 0.00644. The molecule has 3 rings (SSSR count). The third-order valence-electron chi connectivity index (χ3n) is 3.83. The van der Waals surface area contributed by atoms with Crippen LogP contribution in [-0.2, 0) is 11.3 Å². The van der Waals surface area contributed by atoms with Crippen LogP contribution in [0.4, 0.5) is 5.95 Å². The molecule has 0 saturated heterocycles. The minimum Gasteiger partial charge on any atom is -0.291 e. The predicted molar refractivity (Wildman–Crippen MR) is 95.6 cm³/mol. The van der Waals surface area contributed by atoms with Gasteiger partial charge in [-0.2, -0.15) is 5.10 Å². The molecule has 0 aliphatic carbocycles. The van der Waals surface area contributed by atoms with Crippen molar-refractivity contribution in [1.82, 2.24) is 24.5 Å². The molecule has 0 radical (unpaired) electrons. The summed E-state index contributed by atoms with van der Waals surface area (Å²) in [7, 11) is 0. The van der Waals surface area contributed by atoms with E-state index in [0.29, 0.717) is 17.3 Å². The van der Waals surface area contributed by atoms with Gasteiger partial charge in [-0.15, -0.1) is 5.10 Å². The number of halogens is 1. The van der Waals surface area contributed by atoms with Crippen LogP contribution in [0.1, 0.15) is 29.8 Å². The molecule has 8 heteroatoms. The lowest BCUT2D eigenvalue weighted by atomic mass is 10.1. The van der Waals surface area contributed by atoms with Crippen LogP contribution in [0.25, 0.3) is 0 Å². The van der Waals surface area contributed by atoms with Crippen molar-refractivity contribution < 1.29 is 4.79 Å². The van der Waals surface area contributed by atoms with Crippen LogP contribution in [0.15, 0.2) is 36.8 Å². The number of hydrogen-bond acceptors (Lipinski definition) is 4. The maximum absolute atomic E-state index is 12.3. The number of carbonyl (C=O) groups excluding carboxylic acids is 1. The summed E-state index contributed by atoms with van der Waals surface area (Å²) < 4.78 is 3.21. The number of anilines is 1. The monoisotopic (exact) mass is 358 g/mol. The van der Waals surface area contributed by atoms with Gasteiger partial charge < -0.3 is 0 Å². The Bertz CT molecular complexity index is 881. The lowest BCUT2D eigenvalue weighted by Gasteiger charge is -2.10. The van der Waals surface area contributed by atoms with Gasteiger partial charge in [-0.3, -0.25) is 14.8 Å². The van der Waals surface area contributed by atoms with Crippen molar-refractivity contribution >= 4 is 23.5 Å². The summed E-state index contributed by atoms with van der Waals surface area (Å²) in [6.07, 6.45) is 3.22. The van der Waals surface area contributed by atoms with Crippen LogP contribution in [0.5, 0.6) is 0 Å². The Kier molecular flexibility index (Phi) is 4.85. The van der Waals surface area contributed by atoms with Crippen LogP contribution >= 0.6 is 11.6 Å². The molecule has 0 spiro atoms. The minimum absolute atomic E-state index is 0.257. The van der Waals surface area contributed by atoms with Gasteiger partial charge in [0, 0.05) is 6.20 Å². The Hall–Kier alpha value is -2.67. The van der Waals surface area contributed by atoms with Gasteiger partial charge in [0.1, 0.15) is 12.4 Å². The fraction of sp³-hybridized carbons (Fsp3) is 0.294. The highest BCUT2D eigenvalue weighted by atomic mass is 35.5. The van der Waals surface area contributed by atoms with Gasteiger partial charge >= 0.3 is 0 Å². The van der Waals surface area contributed by atoms with E-state index in [2.05, 4.69) is 26.6 Å². The van der Waals surface area contributed by atoms with Crippen LogP contribution in [0, 0.1) is 13.8 Å². The van der Waals surface area contributed by atoms with E-state index in [4.69, 9.17) is 11.6 Å². The third kappa shape index (κ3) is 4.06. The molecule has 1 N–H and O–H groups in total. The maximum atomic E-state index is 12.3. The molecule has 25 heavy (non-hydrogen) atoms. The lowest BCUT2D eigenvalue weighted by molar-refractivity contribution is -0.119. The SMILES string of the molecule is Cc1cccc(Cn2cnc(NC(=O)C(C)n3cc(Cl)c(C)n3)n2)c1.